The SMILES string of the molecule is COc1c(O)c(C=O)c(O)c(C(O)CC(C)C)c1O. The zero-order chi connectivity index (χ0) is 14.7. The Morgan fingerprint density at radius 3 is 2.16 bits per heavy atom. The van der Waals surface area contributed by atoms with Crippen molar-refractivity contribution in [2.45, 2.75) is 26.4 Å². The summed E-state index contributed by atoms with van der Waals surface area (Å²) in [7, 11) is 1.19. The van der Waals surface area contributed by atoms with Crippen molar-refractivity contribution in [3.63, 3.8) is 0 Å². The molecule has 4 N–H and O–H groups in total. The number of rotatable bonds is 5. The maximum atomic E-state index is 10.9. The lowest BCUT2D eigenvalue weighted by Gasteiger charge is -2.19. The van der Waals surface area contributed by atoms with Gasteiger partial charge in [0.15, 0.2) is 17.8 Å². The summed E-state index contributed by atoms with van der Waals surface area (Å²) in [6.45, 7) is 3.71. The molecule has 0 aliphatic rings. The van der Waals surface area contributed by atoms with E-state index in [4.69, 9.17) is 4.74 Å². The van der Waals surface area contributed by atoms with E-state index < -0.39 is 28.9 Å². The van der Waals surface area contributed by atoms with Crippen LogP contribution < -0.4 is 4.74 Å². The molecule has 0 saturated carbocycles. The molecular formula is C13H18O6. The summed E-state index contributed by atoms with van der Waals surface area (Å²) in [5.41, 5.74) is -0.641. The van der Waals surface area contributed by atoms with E-state index in [1.165, 1.54) is 7.11 Å². The maximum Gasteiger partial charge on any atom is 0.204 e. The topological polar surface area (TPSA) is 107 Å². The van der Waals surface area contributed by atoms with Gasteiger partial charge in [0.25, 0.3) is 0 Å². The Kier molecular flexibility index (Phi) is 4.61. The van der Waals surface area contributed by atoms with Gasteiger partial charge in [-0.1, -0.05) is 13.8 Å². The van der Waals surface area contributed by atoms with Crippen molar-refractivity contribution in [3.8, 4) is 23.0 Å². The van der Waals surface area contributed by atoms with Gasteiger partial charge in [-0.05, 0) is 12.3 Å². The molecule has 6 nitrogen and oxygen atoms in total. The summed E-state index contributed by atoms with van der Waals surface area (Å²) >= 11 is 0. The van der Waals surface area contributed by atoms with Gasteiger partial charge in [-0.15, -0.1) is 0 Å². The molecule has 0 radical (unpaired) electrons. The van der Waals surface area contributed by atoms with E-state index in [0.717, 1.165) is 0 Å². The molecule has 6 heteroatoms. The summed E-state index contributed by atoms with van der Waals surface area (Å²) < 4.78 is 4.79. The van der Waals surface area contributed by atoms with Crippen LogP contribution in [0, 0.1) is 5.92 Å². The minimum atomic E-state index is -1.17. The molecule has 0 spiro atoms. The normalized spacial score (nSPS) is 12.5. The first-order valence-corrected chi connectivity index (χ1v) is 5.83. The molecule has 19 heavy (non-hydrogen) atoms. The molecular weight excluding hydrogens is 252 g/mol. The van der Waals surface area contributed by atoms with Gasteiger partial charge in [-0.3, -0.25) is 4.79 Å². The predicted molar refractivity (Wildman–Crippen MR) is 67.8 cm³/mol. The molecule has 106 valence electrons. The third-order valence-corrected chi connectivity index (χ3v) is 2.80. The number of aliphatic hydroxyl groups excluding tert-OH is 1. The van der Waals surface area contributed by atoms with Crippen LogP contribution in [0.2, 0.25) is 0 Å². The molecule has 0 fully saturated rings. The monoisotopic (exact) mass is 270 g/mol. The second kappa shape index (κ2) is 5.79. The van der Waals surface area contributed by atoms with Gasteiger partial charge in [-0.25, -0.2) is 0 Å². The van der Waals surface area contributed by atoms with Crippen LogP contribution >= 0.6 is 0 Å². The largest absolute Gasteiger partial charge is 0.507 e. The molecule has 0 aromatic heterocycles. The molecule has 1 aromatic rings. The highest BCUT2D eigenvalue weighted by Crippen LogP contribution is 2.49. The third-order valence-electron chi connectivity index (χ3n) is 2.80. The number of carbonyl (C=O) groups is 1. The summed E-state index contributed by atoms with van der Waals surface area (Å²) in [6, 6.07) is 0. The number of ether oxygens (including phenoxy) is 1. The summed E-state index contributed by atoms with van der Waals surface area (Å²) in [6.07, 6.45) is -0.667. The number of benzene rings is 1. The smallest absolute Gasteiger partial charge is 0.204 e. The zero-order valence-corrected chi connectivity index (χ0v) is 11.0. The van der Waals surface area contributed by atoms with Crippen molar-refractivity contribution in [3.05, 3.63) is 11.1 Å². The lowest BCUT2D eigenvalue weighted by atomic mass is 9.95. The van der Waals surface area contributed by atoms with Gasteiger partial charge in [0.05, 0.1) is 18.8 Å². The molecule has 1 rings (SSSR count). The number of methoxy groups -OCH3 is 1. The molecule has 0 amide bonds. The highest BCUT2D eigenvalue weighted by molar-refractivity contribution is 5.88. The Balaban J connectivity index is 3.50. The molecule has 1 unspecified atom stereocenters. The average molecular weight is 270 g/mol. The second-order valence-electron chi connectivity index (χ2n) is 4.67. The standard InChI is InChI=1S/C13H18O6/c1-6(2)4-8(15)9-10(16)7(5-14)11(17)13(19-3)12(9)18/h5-6,8,15-18H,4H2,1-3H3. The molecule has 0 saturated heterocycles. The molecule has 1 aromatic carbocycles. The Labute approximate surface area is 110 Å². The first-order chi connectivity index (χ1) is 8.84. The summed E-state index contributed by atoms with van der Waals surface area (Å²) in [5.74, 6) is -2.12. The van der Waals surface area contributed by atoms with E-state index in [-0.39, 0.29) is 29.9 Å². The van der Waals surface area contributed by atoms with Crippen molar-refractivity contribution in [1.29, 1.82) is 0 Å². The quantitative estimate of drug-likeness (QED) is 0.607. The minimum Gasteiger partial charge on any atom is -0.507 e. The molecule has 0 heterocycles. The first kappa shape index (κ1) is 15.1. The van der Waals surface area contributed by atoms with Gasteiger partial charge in [0.1, 0.15) is 11.3 Å². The van der Waals surface area contributed by atoms with E-state index in [1.54, 1.807) is 0 Å². The number of hydrogen-bond acceptors (Lipinski definition) is 6. The number of phenols is 3. The number of carbonyl (C=O) groups excluding carboxylic acids is 1. The van der Waals surface area contributed by atoms with Crippen LogP contribution in [-0.4, -0.2) is 33.8 Å². The van der Waals surface area contributed by atoms with Crippen molar-refractivity contribution in [1.82, 2.24) is 0 Å². The van der Waals surface area contributed by atoms with Gasteiger partial charge >= 0.3 is 0 Å². The lowest BCUT2D eigenvalue weighted by molar-refractivity contribution is 0.111. The Morgan fingerprint density at radius 2 is 1.74 bits per heavy atom. The molecule has 0 aliphatic heterocycles. The highest BCUT2D eigenvalue weighted by Gasteiger charge is 2.28. The highest BCUT2D eigenvalue weighted by atomic mass is 16.5. The number of aromatic hydroxyl groups is 3. The van der Waals surface area contributed by atoms with Crippen molar-refractivity contribution in [2.24, 2.45) is 5.92 Å². The van der Waals surface area contributed by atoms with Crippen LogP contribution in [-0.2, 0) is 0 Å². The third kappa shape index (κ3) is 2.73. The van der Waals surface area contributed by atoms with E-state index in [9.17, 15) is 25.2 Å². The van der Waals surface area contributed by atoms with E-state index >= 15 is 0 Å². The maximum absolute atomic E-state index is 10.9. The molecule has 0 aliphatic carbocycles. The van der Waals surface area contributed by atoms with Crippen LogP contribution in [0.5, 0.6) is 23.0 Å². The van der Waals surface area contributed by atoms with Gasteiger partial charge < -0.3 is 25.2 Å². The van der Waals surface area contributed by atoms with Crippen LogP contribution in [0.1, 0.15) is 42.3 Å². The van der Waals surface area contributed by atoms with Gasteiger partial charge in [0.2, 0.25) is 5.75 Å². The van der Waals surface area contributed by atoms with Gasteiger partial charge in [0, 0.05) is 0 Å². The first-order valence-electron chi connectivity index (χ1n) is 5.83. The van der Waals surface area contributed by atoms with E-state index in [2.05, 4.69) is 0 Å². The minimum absolute atomic E-state index is 0.105. The zero-order valence-electron chi connectivity index (χ0n) is 11.0. The fraction of sp³-hybridized carbons (Fsp3) is 0.462. The molecule has 0 bridgehead atoms. The van der Waals surface area contributed by atoms with Crippen LogP contribution in [0.4, 0.5) is 0 Å². The van der Waals surface area contributed by atoms with Crippen molar-refractivity contribution in [2.75, 3.05) is 7.11 Å². The van der Waals surface area contributed by atoms with Crippen LogP contribution in [0.3, 0.4) is 0 Å². The van der Waals surface area contributed by atoms with Crippen molar-refractivity contribution >= 4 is 6.29 Å². The average Bonchev–Trinajstić information content (AvgIpc) is 2.28. The predicted octanol–water partition coefficient (Wildman–Crippen LogP) is 1.70. The van der Waals surface area contributed by atoms with Crippen molar-refractivity contribution < 1.29 is 30.0 Å². The van der Waals surface area contributed by atoms with E-state index in [0.29, 0.717) is 0 Å². The number of phenolic OH excluding ortho intramolecular Hbond substituents is 3. The van der Waals surface area contributed by atoms with E-state index in [1.807, 2.05) is 13.8 Å². The molecule has 1 atom stereocenters. The van der Waals surface area contributed by atoms with Crippen LogP contribution in [0.15, 0.2) is 0 Å². The van der Waals surface area contributed by atoms with Crippen LogP contribution in [0.25, 0.3) is 0 Å². The lowest BCUT2D eigenvalue weighted by Crippen LogP contribution is -2.05. The second-order valence-corrected chi connectivity index (χ2v) is 4.67. The van der Waals surface area contributed by atoms with Gasteiger partial charge in [-0.2, -0.15) is 0 Å². The number of hydrogen-bond donors (Lipinski definition) is 4. The summed E-state index contributed by atoms with van der Waals surface area (Å²) in [5, 5.41) is 39.5. The Bertz CT molecular complexity index is 481. The fourth-order valence-corrected chi connectivity index (χ4v) is 1.91. The summed E-state index contributed by atoms with van der Waals surface area (Å²) in [4.78, 5) is 10.9. The fourth-order valence-electron chi connectivity index (χ4n) is 1.91. The Morgan fingerprint density at radius 1 is 1.16 bits per heavy atom. The Hall–Kier alpha value is -1.95. The number of aldehydes is 1. The number of aliphatic hydroxyl groups is 1.